The molecular formula is C36H58N2O. The molecule has 0 amide bonds. The van der Waals surface area contributed by atoms with Gasteiger partial charge in [-0.15, -0.1) is 0 Å². The van der Waals surface area contributed by atoms with E-state index in [1.165, 1.54) is 133 Å². The Bertz CT molecular complexity index is 885. The molecule has 1 aromatic carbocycles. The standard InChI is InChI=1S/C36H58N2O/c1-4-6-8-10-12-14-16-18-31-20-22-32(23-21-31)29-39-34-24-25-35(30(3)26-34)36-37-27-33(28-38-36)19-17-15-13-11-9-7-5-2/h24-28,31-32H,4-23,29H2,1-3H3. The lowest BCUT2D eigenvalue weighted by molar-refractivity contribution is 0.177. The van der Waals surface area contributed by atoms with Gasteiger partial charge in [0.1, 0.15) is 5.75 Å². The first-order valence-electron chi connectivity index (χ1n) is 16.7. The Hall–Kier alpha value is -1.90. The molecule has 0 spiro atoms. The molecule has 1 aliphatic carbocycles. The van der Waals surface area contributed by atoms with Gasteiger partial charge in [-0.2, -0.15) is 0 Å². The fraction of sp³-hybridized carbons (Fsp3) is 0.722. The van der Waals surface area contributed by atoms with Crippen LogP contribution in [-0.2, 0) is 6.42 Å². The normalized spacial score (nSPS) is 17.4. The predicted molar refractivity (Wildman–Crippen MR) is 167 cm³/mol. The maximum atomic E-state index is 6.26. The second-order valence-corrected chi connectivity index (χ2v) is 12.4. The zero-order chi connectivity index (χ0) is 27.5. The third kappa shape index (κ3) is 12.4. The minimum atomic E-state index is 0.711. The SMILES string of the molecule is CCCCCCCCCc1cnc(-c2ccc(OCC3CCC(CCCCCCCCC)CC3)cc2C)nc1. The molecule has 0 unspecified atom stereocenters. The summed E-state index contributed by atoms with van der Waals surface area (Å²) in [6, 6.07) is 6.40. The first-order chi connectivity index (χ1) is 19.2. The van der Waals surface area contributed by atoms with Gasteiger partial charge in [-0.1, -0.05) is 117 Å². The van der Waals surface area contributed by atoms with Gasteiger partial charge < -0.3 is 4.74 Å². The van der Waals surface area contributed by atoms with Crippen molar-refractivity contribution < 1.29 is 4.74 Å². The van der Waals surface area contributed by atoms with E-state index in [4.69, 9.17) is 14.7 Å². The number of hydrogen-bond acceptors (Lipinski definition) is 3. The van der Waals surface area contributed by atoms with Crippen molar-refractivity contribution in [1.29, 1.82) is 0 Å². The second kappa shape index (κ2) is 19.2. The number of ether oxygens (including phenoxy) is 1. The third-order valence-electron chi connectivity index (χ3n) is 8.88. The predicted octanol–water partition coefficient (Wildman–Crippen LogP) is 11.1. The summed E-state index contributed by atoms with van der Waals surface area (Å²) in [5, 5.41) is 0. The number of rotatable bonds is 20. The van der Waals surface area contributed by atoms with E-state index in [1.54, 1.807) is 0 Å². The van der Waals surface area contributed by atoms with Crippen LogP contribution in [0.1, 0.15) is 147 Å². The smallest absolute Gasteiger partial charge is 0.159 e. The molecule has 218 valence electrons. The zero-order valence-corrected chi connectivity index (χ0v) is 25.7. The van der Waals surface area contributed by atoms with Crippen LogP contribution in [0.15, 0.2) is 30.6 Å². The Morgan fingerprint density at radius 2 is 1.26 bits per heavy atom. The van der Waals surface area contributed by atoms with Crippen LogP contribution >= 0.6 is 0 Å². The molecule has 2 aromatic rings. The monoisotopic (exact) mass is 534 g/mol. The number of aromatic nitrogens is 2. The van der Waals surface area contributed by atoms with Crippen molar-refractivity contribution in [3.05, 3.63) is 41.7 Å². The molecule has 1 saturated carbocycles. The Labute approximate surface area is 241 Å². The topological polar surface area (TPSA) is 35.0 Å². The van der Waals surface area contributed by atoms with Crippen molar-refractivity contribution >= 4 is 0 Å². The van der Waals surface area contributed by atoms with E-state index in [9.17, 15) is 0 Å². The van der Waals surface area contributed by atoms with E-state index in [2.05, 4.69) is 39.0 Å². The lowest BCUT2D eigenvalue weighted by Gasteiger charge is -2.28. The molecule has 0 aliphatic heterocycles. The lowest BCUT2D eigenvalue weighted by Crippen LogP contribution is -2.20. The molecule has 0 radical (unpaired) electrons. The average Bonchev–Trinajstić information content (AvgIpc) is 2.96. The van der Waals surface area contributed by atoms with Crippen LogP contribution < -0.4 is 4.74 Å². The molecule has 3 heteroatoms. The molecule has 1 aromatic heterocycles. The first-order valence-corrected chi connectivity index (χ1v) is 16.7. The van der Waals surface area contributed by atoms with Gasteiger partial charge in [0.05, 0.1) is 6.61 Å². The van der Waals surface area contributed by atoms with Crippen LogP contribution in [0.4, 0.5) is 0 Å². The van der Waals surface area contributed by atoms with Gasteiger partial charge >= 0.3 is 0 Å². The molecule has 1 fully saturated rings. The summed E-state index contributed by atoms with van der Waals surface area (Å²) in [5.74, 6) is 3.47. The Kier molecular flexibility index (Phi) is 15.6. The van der Waals surface area contributed by atoms with Crippen molar-refractivity contribution in [2.45, 2.75) is 149 Å². The highest BCUT2D eigenvalue weighted by Gasteiger charge is 2.21. The van der Waals surface area contributed by atoms with Gasteiger partial charge in [-0.05, 0) is 73.8 Å². The molecule has 0 saturated heterocycles. The molecule has 39 heavy (non-hydrogen) atoms. The summed E-state index contributed by atoms with van der Waals surface area (Å²) < 4.78 is 6.26. The zero-order valence-electron chi connectivity index (χ0n) is 25.7. The average molecular weight is 535 g/mol. The van der Waals surface area contributed by atoms with E-state index in [1.807, 2.05) is 12.4 Å². The van der Waals surface area contributed by atoms with Gasteiger partial charge in [0.25, 0.3) is 0 Å². The molecule has 0 bridgehead atoms. The Morgan fingerprint density at radius 1 is 0.692 bits per heavy atom. The minimum Gasteiger partial charge on any atom is -0.493 e. The minimum absolute atomic E-state index is 0.711. The first kappa shape index (κ1) is 31.6. The number of benzene rings is 1. The maximum absolute atomic E-state index is 6.26. The van der Waals surface area contributed by atoms with Gasteiger partial charge in [0.2, 0.25) is 0 Å². The third-order valence-corrected chi connectivity index (χ3v) is 8.88. The molecule has 0 atom stereocenters. The fourth-order valence-electron chi connectivity index (χ4n) is 6.18. The summed E-state index contributed by atoms with van der Waals surface area (Å²) >= 11 is 0. The molecule has 3 rings (SSSR count). The van der Waals surface area contributed by atoms with E-state index in [-0.39, 0.29) is 0 Å². The second-order valence-electron chi connectivity index (χ2n) is 12.4. The molecule has 0 N–H and O–H groups in total. The molecular weight excluding hydrogens is 476 g/mol. The van der Waals surface area contributed by atoms with Crippen molar-refractivity contribution in [2.24, 2.45) is 11.8 Å². The van der Waals surface area contributed by atoms with E-state index >= 15 is 0 Å². The van der Waals surface area contributed by atoms with Crippen LogP contribution in [0.2, 0.25) is 0 Å². The number of unbranched alkanes of at least 4 members (excludes halogenated alkanes) is 12. The van der Waals surface area contributed by atoms with Gasteiger partial charge in [-0.25, -0.2) is 9.97 Å². The summed E-state index contributed by atoms with van der Waals surface area (Å²) in [6.07, 6.45) is 31.4. The number of aryl methyl sites for hydroxylation is 2. The Morgan fingerprint density at radius 3 is 1.87 bits per heavy atom. The largest absolute Gasteiger partial charge is 0.493 e. The fourth-order valence-corrected chi connectivity index (χ4v) is 6.18. The van der Waals surface area contributed by atoms with E-state index < -0.39 is 0 Å². The summed E-state index contributed by atoms with van der Waals surface area (Å²) in [6.45, 7) is 7.57. The van der Waals surface area contributed by atoms with Crippen molar-refractivity contribution in [3.63, 3.8) is 0 Å². The van der Waals surface area contributed by atoms with Crippen molar-refractivity contribution in [3.8, 4) is 17.1 Å². The molecule has 3 nitrogen and oxygen atoms in total. The highest BCUT2D eigenvalue weighted by molar-refractivity contribution is 5.61. The highest BCUT2D eigenvalue weighted by atomic mass is 16.5. The quantitative estimate of drug-likeness (QED) is 0.158. The molecule has 1 heterocycles. The number of hydrogen-bond donors (Lipinski definition) is 0. The van der Waals surface area contributed by atoms with Gasteiger partial charge in [-0.3, -0.25) is 0 Å². The van der Waals surface area contributed by atoms with Crippen LogP contribution in [0, 0.1) is 18.8 Å². The van der Waals surface area contributed by atoms with Gasteiger partial charge in [0, 0.05) is 18.0 Å². The van der Waals surface area contributed by atoms with Crippen LogP contribution in [-0.4, -0.2) is 16.6 Å². The Balaban J connectivity index is 1.32. The van der Waals surface area contributed by atoms with E-state index in [0.29, 0.717) is 5.92 Å². The summed E-state index contributed by atoms with van der Waals surface area (Å²) in [5.41, 5.74) is 3.54. The van der Waals surface area contributed by atoms with Crippen molar-refractivity contribution in [2.75, 3.05) is 6.61 Å². The van der Waals surface area contributed by atoms with E-state index in [0.717, 1.165) is 36.1 Å². The van der Waals surface area contributed by atoms with Gasteiger partial charge in [0.15, 0.2) is 5.82 Å². The molecule has 1 aliphatic rings. The maximum Gasteiger partial charge on any atom is 0.159 e. The van der Waals surface area contributed by atoms with Crippen LogP contribution in [0.5, 0.6) is 5.75 Å². The van der Waals surface area contributed by atoms with Crippen LogP contribution in [0.25, 0.3) is 11.4 Å². The van der Waals surface area contributed by atoms with Crippen LogP contribution in [0.3, 0.4) is 0 Å². The lowest BCUT2D eigenvalue weighted by atomic mass is 9.80. The summed E-state index contributed by atoms with van der Waals surface area (Å²) in [4.78, 5) is 9.39. The highest BCUT2D eigenvalue weighted by Crippen LogP contribution is 2.33. The summed E-state index contributed by atoms with van der Waals surface area (Å²) in [7, 11) is 0. The number of nitrogens with zero attached hydrogens (tertiary/aromatic N) is 2. The van der Waals surface area contributed by atoms with Crippen molar-refractivity contribution in [1.82, 2.24) is 9.97 Å².